The third-order valence-electron chi connectivity index (χ3n) is 4.23. The number of hydrogen-bond acceptors (Lipinski definition) is 1. The van der Waals surface area contributed by atoms with Gasteiger partial charge in [0, 0.05) is 12.1 Å². The van der Waals surface area contributed by atoms with E-state index in [-0.39, 0.29) is 0 Å². The molecule has 0 aliphatic carbocycles. The van der Waals surface area contributed by atoms with Gasteiger partial charge in [-0.25, -0.2) is 0 Å². The highest BCUT2D eigenvalue weighted by atomic mass is 15.2. The first-order valence-electron chi connectivity index (χ1n) is 6.73. The van der Waals surface area contributed by atoms with Gasteiger partial charge in [0.1, 0.15) is 0 Å². The molecule has 1 heteroatoms. The minimum Gasteiger partial charge on any atom is -0.293 e. The summed E-state index contributed by atoms with van der Waals surface area (Å²) in [6.45, 7) is 14.3. The highest BCUT2D eigenvalue weighted by Crippen LogP contribution is 2.48. The standard InChI is InChI=1S/C15H27N/c1-12(2)13-9-15(11-14(3,4)5)7-6-8-16(15)10-13/h6-11H2,1-5H3. The molecule has 2 aliphatic heterocycles. The molecule has 2 rings (SSSR count). The van der Waals surface area contributed by atoms with E-state index in [1.807, 2.05) is 0 Å². The Bertz CT molecular complexity index is 304. The first-order chi connectivity index (χ1) is 7.32. The molecule has 92 valence electrons. The third kappa shape index (κ3) is 2.20. The SMILES string of the molecule is CC(C)=C1CN2CCCC2(CC(C)(C)C)C1. The largest absolute Gasteiger partial charge is 0.293 e. The lowest BCUT2D eigenvalue weighted by Crippen LogP contribution is -2.41. The van der Waals surface area contributed by atoms with Crippen LogP contribution in [0.1, 0.15) is 60.3 Å². The molecular weight excluding hydrogens is 194 g/mol. The van der Waals surface area contributed by atoms with Crippen LogP contribution >= 0.6 is 0 Å². The first kappa shape index (κ1) is 12.2. The second-order valence-electron chi connectivity index (χ2n) is 7.27. The molecule has 2 aliphatic rings. The zero-order chi connectivity index (χ0) is 12.0. The summed E-state index contributed by atoms with van der Waals surface area (Å²) in [6.07, 6.45) is 5.52. The fraction of sp³-hybridized carbons (Fsp3) is 0.867. The molecule has 16 heavy (non-hydrogen) atoms. The lowest BCUT2D eigenvalue weighted by Gasteiger charge is -2.37. The van der Waals surface area contributed by atoms with E-state index in [9.17, 15) is 0 Å². The highest BCUT2D eigenvalue weighted by molar-refractivity contribution is 5.24. The van der Waals surface area contributed by atoms with Gasteiger partial charge in [-0.1, -0.05) is 31.9 Å². The van der Waals surface area contributed by atoms with Gasteiger partial charge in [-0.15, -0.1) is 0 Å². The average Bonchev–Trinajstić information content (AvgIpc) is 2.55. The summed E-state index contributed by atoms with van der Waals surface area (Å²) in [5, 5.41) is 0. The molecule has 2 heterocycles. The molecule has 2 saturated heterocycles. The van der Waals surface area contributed by atoms with E-state index in [0.717, 1.165) is 0 Å². The lowest BCUT2D eigenvalue weighted by atomic mass is 9.77. The van der Waals surface area contributed by atoms with Gasteiger partial charge in [-0.05, 0) is 51.5 Å². The average molecular weight is 221 g/mol. The van der Waals surface area contributed by atoms with Crippen LogP contribution in [-0.4, -0.2) is 23.5 Å². The molecule has 0 aromatic heterocycles. The van der Waals surface area contributed by atoms with Crippen LogP contribution in [0.5, 0.6) is 0 Å². The van der Waals surface area contributed by atoms with Crippen molar-refractivity contribution in [3.8, 4) is 0 Å². The molecule has 0 N–H and O–H groups in total. The summed E-state index contributed by atoms with van der Waals surface area (Å²) in [7, 11) is 0. The highest BCUT2D eigenvalue weighted by Gasteiger charge is 2.47. The quantitative estimate of drug-likeness (QED) is 0.605. The van der Waals surface area contributed by atoms with Crippen LogP contribution in [0, 0.1) is 5.41 Å². The Kier molecular flexibility index (Phi) is 2.94. The van der Waals surface area contributed by atoms with Gasteiger partial charge in [-0.2, -0.15) is 0 Å². The van der Waals surface area contributed by atoms with E-state index < -0.39 is 0 Å². The van der Waals surface area contributed by atoms with Gasteiger partial charge >= 0.3 is 0 Å². The van der Waals surface area contributed by atoms with Crippen LogP contribution in [0.15, 0.2) is 11.1 Å². The van der Waals surface area contributed by atoms with E-state index in [1.165, 1.54) is 38.8 Å². The molecule has 0 aromatic rings. The van der Waals surface area contributed by atoms with Crippen molar-refractivity contribution in [2.45, 2.75) is 65.8 Å². The van der Waals surface area contributed by atoms with Crippen molar-refractivity contribution in [2.75, 3.05) is 13.1 Å². The molecule has 0 spiro atoms. The van der Waals surface area contributed by atoms with Gasteiger partial charge in [0.05, 0.1) is 0 Å². The topological polar surface area (TPSA) is 3.24 Å². The molecule has 0 radical (unpaired) electrons. The van der Waals surface area contributed by atoms with E-state index >= 15 is 0 Å². The summed E-state index contributed by atoms with van der Waals surface area (Å²) in [4.78, 5) is 2.76. The Hall–Kier alpha value is -0.300. The second-order valence-corrected chi connectivity index (χ2v) is 7.27. The van der Waals surface area contributed by atoms with Gasteiger partial charge in [0.2, 0.25) is 0 Å². The maximum Gasteiger partial charge on any atom is 0.0256 e. The fourth-order valence-corrected chi connectivity index (χ4v) is 3.71. The fourth-order valence-electron chi connectivity index (χ4n) is 3.71. The summed E-state index contributed by atoms with van der Waals surface area (Å²) in [6, 6.07) is 0. The molecule has 0 amide bonds. The molecule has 2 fully saturated rings. The summed E-state index contributed by atoms with van der Waals surface area (Å²) >= 11 is 0. The summed E-state index contributed by atoms with van der Waals surface area (Å²) < 4.78 is 0. The molecule has 1 unspecified atom stereocenters. The number of allylic oxidation sites excluding steroid dienone is 1. The van der Waals surface area contributed by atoms with Crippen molar-refractivity contribution in [3.63, 3.8) is 0 Å². The minimum absolute atomic E-state index is 0.458. The van der Waals surface area contributed by atoms with Crippen molar-refractivity contribution in [2.24, 2.45) is 5.41 Å². The van der Waals surface area contributed by atoms with E-state index in [1.54, 1.807) is 11.1 Å². The van der Waals surface area contributed by atoms with Crippen LogP contribution in [0.25, 0.3) is 0 Å². The van der Waals surface area contributed by atoms with Crippen LogP contribution in [-0.2, 0) is 0 Å². The predicted octanol–water partition coefficient (Wildman–Crippen LogP) is 4.00. The van der Waals surface area contributed by atoms with Crippen LogP contribution < -0.4 is 0 Å². The molecule has 1 nitrogen and oxygen atoms in total. The van der Waals surface area contributed by atoms with Gasteiger partial charge in [0.15, 0.2) is 0 Å². The Morgan fingerprint density at radius 2 is 2.00 bits per heavy atom. The van der Waals surface area contributed by atoms with Gasteiger partial charge in [-0.3, -0.25) is 4.90 Å². The number of rotatable bonds is 1. The Balaban J connectivity index is 2.21. The van der Waals surface area contributed by atoms with E-state index in [2.05, 4.69) is 39.5 Å². The number of nitrogens with zero attached hydrogens (tertiary/aromatic N) is 1. The second kappa shape index (κ2) is 3.87. The number of fused-ring (bicyclic) bond motifs is 1. The minimum atomic E-state index is 0.458. The zero-order valence-electron chi connectivity index (χ0n) is 11.7. The maximum atomic E-state index is 2.76. The first-order valence-corrected chi connectivity index (χ1v) is 6.73. The van der Waals surface area contributed by atoms with Crippen molar-refractivity contribution < 1.29 is 0 Å². The van der Waals surface area contributed by atoms with E-state index in [0.29, 0.717) is 11.0 Å². The van der Waals surface area contributed by atoms with Gasteiger partial charge < -0.3 is 0 Å². The normalized spacial score (nSPS) is 30.9. The lowest BCUT2D eigenvalue weighted by molar-refractivity contribution is 0.130. The number of hydrogen-bond donors (Lipinski definition) is 0. The monoisotopic (exact) mass is 221 g/mol. The van der Waals surface area contributed by atoms with Crippen LogP contribution in [0.2, 0.25) is 0 Å². The Morgan fingerprint density at radius 3 is 2.56 bits per heavy atom. The van der Waals surface area contributed by atoms with Crippen molar-refractivity contribution in [1.82, 2.24) is 4.90 Å². The molecule has 0 bridgehead atoms. The van der Waals surface area contributed by atoms with Crippen molar-refractivity contribution in [1.29, 1.82) is 0 Å². The van der Waals surface area contributed by atoms with Gasteiger partial charge in [0.25, 0.3) is 0 Å². The van der Waals surface area contributed by atoms with Crippen molar-refractivity contribution >= 4 is 0 Å². The Labute approximate surface area is 101 Å². The molecular formula is C15H27N. The smallest absolute Gasteiger partial charge is 0.0256 e. The Morgan fingerprint density at radius 1 is 1.31 bits per heavy atom. The molecule has 0 saturated carbocycles. The maximum absolute atomic E-state index is 2.76. The third-order valence-corrected chi connectivity index (χ3v) is 4.23. The summed E-state index contributed by atoms with van der Waals surface area (Å²) in [5.41, 5.74) is 4.25. The zero-order valence-corrected chi connectivity index (χ0v) is 11.7. The summed E-state index contributed by atoms with van der Waals surface area (Å²) in [5.74, 6) is 0. The van der Waals surface area contributed by atoms with Crippen LogP contribution in [0.4, 0.5) is 0 Å². The van der Waals surface area contributed by atoms with Crippen LogP contribution in [0.3, 0.4) is 0 Å². The molecule has 1 atom stereocenters. The van der Waals surface area contributed by atoms with E-state index in [4.69, 9.17) is 0 Å². The van der Waals surface area contributed by atoms with Crippen molar-refractivity contribution in [3.05, 3.63) is 11.1 Å². The predicted molar refractivity (Wildman–Crippen MR) is 70.6 cm³/mol. The molecule has 0 aromatic carbocycles.